The van der Waals surface area contributed by atoms with Gasteiger partial charge in [-0.15, -0.1) is 0 Å². The standard InChI is InChI=1S/C12H17N3O2/c13-10-4-1-9(2-5-10)3-6-12(17)15-8-7-11(14)16/h1-2,4-5H,3,6-8,13H2,(H2,14,16)(H,15,17). The van der Waals surface area contributed by atoms with Gasteiger partial charge < -0.3 is 16.8 Å². The lowest BCUT2D eigenvalue weighted by Crippen LogP contribution is -2.27. The maximum absolute atomic E-state index is 11.4. The molecule has 0 saturated carbocycles. The van der Waals surface area contributed by atoms with Crippen LogP contribution in [0.5, 0.6) is 0 Å². The Hall–Kier alpha value is -2.04. The van der Waals surface area contributed by atoms with Crippen LogP contribution in [0.2, 0.25) is 0 Å². The molecule has 5 nitrogen and oxygen atoms in total. The van der Waals surface area contributed by atoms with Crippen LogP contribution in [0.3, 0.4) is 0 Å². The van der Waals surface area contributed by atoms with Crippen LogP contribution in [0.25, 0.3) is 0 Å². The number of nitrogens with two attached hydrogens (primary N) is 2. The van der Waals surface area contributed by atoms with Crippen LogP contribution in [-0.2, 0) is 16.0 Å². The van der Waals surface area contributed by atoms with Crippen molar-refractivity contribution in [3.8, 4) is 0 Å². The molecule has 0 saturated heterocycles. The lowest BCUT2D eigenvalue weighted by atomic mass is 10.1. The molecule has 0 aliphatic rings. The van der Waals surface area contributed by atoms with Crippen LogP contribution < -0.4 is 16.8 Å². The van der Waals surface area contributed by atoms with E-state index in [-0.39, 0.29) is 12.3 Å². The fourth-order valence-corrected chi connectivity index (χ4v) is 1.36. The Balaban J connectivity index is 2.23. The first-order valence-electron chi connectivity index (χ1n) is 5.47. The number of nitrogen functional groups attached to an aromatic ring is 1. The Morgan fingerprint density at radius 2 is 1.76 bits per heavy atom. The summed E-state index contributed by atoms with van der Waals surface area (Å²) in [4.78, 5) is 21.8. The Labute approximate surface area is 100 Å². The largest absolute Gasteiger partial charge is 0.399 e. The number of amides is 2. The van der Waals surface area contributed by atoms with Crippen molar-refractivity contribution >= 4 is 17.5 Å². The second-order valence-corrected chi connectivity index (χ2v) is 3.81. The summed E-state index contributed by atoms with van der Waals surface area (Å²) >= 11 is 0. The van der Waals surface area contributed by atoms with Crippen LogP contribution in [0, 0.1) is 0 Å². The highest BCUT2D eigenvalue weighted by Crippen LogP contribution is 2.07. The fourth-order valence-electron chi connectivity index (χ4n) is 1.36. The first kappa shape index (κ1) is 13.0. The highest BCUT2D eigenvalue weighted by Gasteiger charge is 2.02. The number of anilines is 1. The third kappa shape index (κ3) is 5.55. The summed E-state index contributed by atoms with van der Waals surface area (Å²) < 4.78 is 0. The van der Waals surface area contributed by atoms with Crippen molar-refractivity contribution in [2.24, 2.45) is 5.73 Å². The molecule has 5 heteroatoms. The van der Waals surface area contributed by atoms with Crippen LogP contribution >= 0.6 is 0 Å². The predicted molar refractivity (Wildman–Crippen MR) is 66.0 cm³/mol. The third-order valence-electron chi connectivity index (χ3n) is 2.31. The van der Waals surface area contributed by atoms with E-state index in [4.69, 9.17) is 11.5 Å². The van der Waals surface area contributed by atoms with Gasteiger partial charge in [-0.05, 0) is 24.1 Å². The molecular formula is C12H17N3O2. The second kappa shape index (κ2) is 6.52. The van der Waals surface area contributed by atoms with Crippen molar-refractivity contribution in [2.75, 3.05) is 12.3 Å². The van der Waals surface area contributed by atoms with E-state index in [0.29, 0.717) is 25.1 Å². The molecule has 0 atom stereocenters. The molecule has 0 heterocycles. The minimum Gasteiger partial charge on any atom is -0.399 e. The average molecular weight is 235 g/mol. The number of carbonyl (C=O) groups excluding carboxylic acids is 2. The van der Waals surface area contributed by atoms with E-state index in [1.54, 1.807) is 12.1 Å². The van der Waals surface area contributed by atoms with E-state index in [1.165, 1.54) is 0 Å². The summed E-state index contributed by atoms with van der Waals surface area (Å²) in [6, 6.07) is 7.40. The number of rotatable bonds is 6. The van der Waals surface area contributed by atoms with Crippen LogP contribution in [0.4, 0.5) is 5.69 Å². The average Bonchev–Trinajstić information content (AvgIpc) is 2.28. The zero-order chi connectivity index (χ0) is 12.7. The van der Waals surface area contributed by atoms with Crippen molar-refractivity contribution in [1.29, 1.82) is 0 Å². The number of benzene rings is 1. The molecule has 92 valence electrons. The second-order valence-electron chi connectivity index (χ2n) is 3.81. The smallest absolute Gasteiger partial charge is 0.220 e. The fraction of sp³-hybridized carbons (Fsp3) is 0.333. The molecule has 0 aliphatic carbocycles. The minimum absolute atomic E-state index is 0.0805. The van der Waals surface area contributed by atoms with Gasteiger partial charge in [0.25, 0.3) is 0 Å². The number of hydrogen-bond donors (Lipinski definition) is 3. The molecule has 1 rings (SSSR count). The number of hydrogen-bond acceptors (Lipinski definition) is 3. The molecule has 17 heavy (non-hydrogen) atoms. The Morgan fingerprint density at radius 1 is 1.12 bits per heavy atom. The molecule has 0 fully saturated rings. The summed E-state index contributed by atoms with van der Waals surface area (Å²) in [5.41, 5.74) is 12.3. The number of primary amides is 1. The van der Waals surface area contributed by atoms with Gasteiger partial charge in [0.2, 0.25) is 11.8 Å². The maximum Gasteiger partial charge on any atom is 0.220 e. The van der Waals surface area contributed by atoms with E-state index in [2.05, 4.69) is 5.32 Å². The van der Waals surface area contributed by atoms with Gasteiger partial charge in [-0.2, -0.15) is 0 Å². The monoisotopic (exact) mass is 235 g/mol. The summed E-state index contributed by atoms with van der Waals surface area (Å²) in [6.07, 6.45) is 1.22. The molecule has 0 spiro atoms. The maximum atomic E-state index is 11.4. The first-order chi connectivity index (χ1) is 8.08. The quantitative estimate of drug-likeness (QED) is 0.614. The van der Waals surface area contributed by atoms with Gasteiger partial charge in [-0.1, -0.05) is 12.1 Å². The minimum atomic E-state index is -0.413. The Bertz CT molecular complexity index is 387. The summed E-state index contributed by atoms with van der Waals surface area (Å²) in [7, 11) is 0. The molecule has 0 radical (unpaired) electrons. The van der Waals surface area contributed by atoms with E-state index in [0.717, 1.165) is 5.56 Å². The van der Waals surface area contributed by atoms with Crippen molar-refractivity contribution in [2.45, 2.75) is 19.3 Å². The Kier molecular flexibility index (Phi) is 5.00. The molecule has 5 N–H and O–H groups in total. The number of nitrogens with one attached hydrogen (secondary N) is 1. The van der Waals surface area contributed by atoms with Gasteiger partial charge in [0.15, 0.2) is 0 Å². The number of carbonyl (C=O) groups is 2. The van der Waals surface area contributed by atoms with E-state index >= 15 is 0 Å². The third-order valence-corrected chi connectivity index (χ3v) is 2.31. The molecule has 1 aromatic carbocycles. The van der Waals surface area contributed by atoms with E-state index < -0.39 is 5.91 Å². The zero-order valence-electron chi connectivity index (χ0n) is 9.61. The van der Waals surface area contributed by atoms with Gasteiger partial charge in [-0.3, -0.25) is 9.59 Å². The summed E-state index contributed by atoms with van der Waals surface area (Å²) in [6.45, 7) is 0.301. The molecular weight excluding hydrogens is 218 g/mol. The molecule has 0 aliphatic heterocycles. The molecule has 2 amide bonds. The highest BCUT2D eigenvalue weighted by atomic mass is 16.2. The van der Waals surface area contributed by atoms with E-state index in [1.807, 2.05) is 12.1 Å². The van der Waals surface area contributed by atoms with Gasteiger partial charge in [-0.25, -0.2) is 0 Å². The predicted octanol–water partition coefficient (Wildman–Crippen LogP) is 0.193. The van der Waals surface area contributed by atoms with Crippen molar-refractivity contribution in [1.82, 2.24) is 5.32 Å². The van der Waals surface area contributed by atoms with Crippen molar-refractivity contribution in [3.63, 3.8) is 0 Å². The lowest BCUT2D eigenvalue weighted by Gasteiger charge is -2.04. The summed E-state index contributed by atoms with van der Waals surface area (Å²) in [5.74, 6) is -0.494. The summed E-state index contributed by atoms with van der Waals surface area (Å²) in [5, 5.41) is 2.63. The number of aryl methyl sites for hydroxylation is 1. The van der Waals surface area contributed by atoms with Crippen molar-refractivity contribution < 1.29 is 9.59 Å². The highest BCUT2D eigenvalue weighted by molar-refractivity contribution is 5.78. The van der Waals surface area contributed by atoms with Gasteiger partial charge in [0, 0.05) is 25.1 Å². The van der Waals surface area contributed by atoms with Crippen LogP contribution in [-0.4, -0.2) is 18.4 Å². The van der Waals surface area contributed by atoms with Crippen LogP contribution in [0.1, 0.15) is 18.4 Å². The lowest BCUT2D eigenvalue weighted by molar-refractivity contribution is -0.121. The Morgan fingerprint density at radius 3 is 2.35 bits per heavy atom. The molecule has 1 aromatic rings. The first-order valence-corrected chi connectivity index (χ1v) is 5.47. The normalized spacial score (nSPS) is 9.88. The van der Waals surface area contributed by atoms with Crippen LogP contribution in [0.15, 0.2) is 24.3 Å². The molecule has 0 aromatic heterocycles. The molecule has 0 bridgehead atoms. The van der Waals surface area contributed by atoms with Gasteiger partial charge in [0.05, 0.1) is 0 Å². The topological polar surface area (TPSA) is 98.2 Å². The zero-order valence-corrected chi connectivity index (χ0v) is 9.61. The van der Waals surface area contributed by atoms with Gasteiger partial charge in [0.1, 0.15) is 0 Å². The van der Waals surface area contributed by atoms with Crippen molar-refractivity contribution in [3.05, 3.63) is 29.8 Å². The molecule has 0 unspecified atom stereocenters. The van der Waals surface area contributed by atoms with E-state index in [9.17, 15) is 9.59 Å². The SMILES string of the molecule is NC(=O)CCNC(=O)CCc1ccc(N)cc1. The van der Waals surface area contributed by atoms with Gasteiger partial charge >= 0.3 is 0 Å².